The Kier molecular flexibility index (Phi) is 11.1. The minimum atomic E-state index is -2.68. The molecule has 2 aromatic heterocycles. The smallest absolute Gasteiger partial charge is 0.266 e. The molecule has 7 aromatic rings. The number of para-hydroxylation sites is 4. The van der Waals surface area contributed by atoms with Gasteiger partial charge in [-0.15, -0.1) is 0 Å². The molecule has 0 spiro atoms. The lowest BCUT2D eigenvalue weighted by atomic mass is 10.1. The van der Waals surface area contributed by atoms with Crippen molar-refractivity contribution < 1.29 is 18.4 Å². The van der Waals surface area contributed by atoms with E-state index in [4.69, 9.17) is 8.85 Å². The number of rotatable bonds is 12. The third-order valence-electron chi connectivity index (χ3n) is 13.1. The first-order valence-corrected chi connectivity index (χ1v) is 25.5. The van der Waals surface area contributed by atoms with Gasteiger partial charge in [-0.05, 0) is 69.6 Å². The van der Waals surface area contributed by atoms with Crippen LogP contribution in [-0.4, -0.2) is 37.6 Å². The molecule has 8 heteroatoms. The van der Waals surface area contributed by atoms with E-state index in [9.17, 15) is 0 Å². The van der Waals surface area contributed by atoms with Crippen molar-refractivity contribution in [3.8, 4) is 11.5 Å². The van der Waals surface area contributed by atoms with Crippen LogP contribution in [0.4, 0.5) is 0 Å². The Labute approximate surface area is 346 Å². The Morgan fingerprint density at radius 2 is 0.621 bits per heavy atom. The van der Waals surface area contributed by atoms with Crippen molar-refractivity contribution in [2.75, 3.05) is 0 Å². The second-order valence-corrected chi connectivity index (χ2v) is 28.8. The fourth-order valence-corrected chi connectivity index (χ4v) is 21.2. The number of hydrogen-bond acceptors (Lipinski definition) is 4. The van der Waals surface area contributed by atoms with Crippen LogP contribution >= 0.6 is 0 Å². The highest BCUT2D eigenvalue weighted by Crippen LogP contribution is 2.48. The SMILES string of the molecule is CC(C)[Si](Oc1cc(C(=O)n2c3ccccc3c3ccccc32)c(O[Si](C(C)C)(C(C)C)C(C)C)cc1C(=O)n1c2ccccc2c2ccccc21)(C(C)C)C(C)C. The number of carbonyl (C=O) groups is 2. The summed E-state index contributed by atoms with van der Waals surface area (Å²) in [6.45, 7) is 27.0. The van der Waals surface area contributed by atoms with E-state index in [-0.39, 0.29) is 45.1 Å². The van der Waals surface area contributed by atoms with Crippen molar-refractivity contribution in [3.63, 3.8) is 0 Å². The molecule has 5 aromatic carbocycles. The molecule has 7 rings (SSSR count). The summed E-state index contributed by atoms with van der Waals surface area (Å²) in [5.74, 6) is 0.463. The van der Waals surface area contributed by atoms with Gasteiger partial charge in [-0.2, -0.15) is 0 Å². The van der Waals surface area contributed by atoms with Gasteiger partial charge < -0.3 is 8.85 Å². The van der Waals surface area contributed by atoms with Crippen LogP contribution in [0.1, 0.15) is 104 Å². The van der Waals surface area contributed by atoms with Crippen molar-refractivity contribution in [1.82, 2.24) is 9.13 Å². The van der Waals surface area contributed by atoms with Crippen LogP contribution in [0.2, 0.25) is 33.2 Å². The number of hydrogen-bond donors (Lipinski definition) is 0. The molecule has 2 heterocycles. The Bertz CT molecular complexity index is 2330. The van der Waals surface area contributed by atoms with E-state index in [1.807, 2.05) is 94.1 Å². The van der Waals surface area contributed by atoms with E-state index in [2.05, 4.69) is 107 Å². The standard InChI is InChI=1S/C50H60N2O4Si2/c1-31(2)57(32(3)4,33(5)6)55-47-29-42(50(54)52-45-27-19-15-23-39(45)40-24-16-20-28-46(40)52)48(56-58(34(7)8,35(9)10)36(11)12)30-41(47)49(53)51-43-25-17-13-21-37(43)38-22-14-18-26-44(38)51/h13-36H,1-12H3. The maximum absolute atomic E-state index is 15.7. The van der Waals surface area contributed by atoms with Gasteiger partial charge in [-0.25, -0.2) is 0 Å². The molecule has 0 fully saturated rings. The minimum Gasteiger partial charge on any atom is -0.542 e. The van der Waals surface area contributed by atoms with Crippen molar-refractivity contribution in [2.24, 2.45) is 0 Å². The third-order valence-corrected chi connectivity index (χ3v) is 25.1. The molecule has 58 heavy (non-hydrogen) atoms. The van der Waals surface area contributed by atoms with Gasteiger partial charge in [0.1, 0.15) is 11.5 Å². The molecule has 0 unspecified atom stereocenters. The van der Waals surface area contributed by atoms with Crippen LogP contribution in [0.15, 0.2) is 109 Å². The van der Waals surface area contributed by atoms with E-state index >= 15 is 9.59 Å². The third kappa shape index (κ3) is 6.43. The van der Waals surface area contributed by atoms with Gasteiger partial charge in [0, 0.05) is 21.5 Å². The number of benzene rings is 5. The van der Waals surface area contributed by atoms with Crippen LogP contribution in [0, 0.1) is 0 Å². The predicted octanol–water partition coefficient (Wildman–Crippen LogP) is 14.4. The fourth-order valence-electron chi connectivity index (χ4n) is 10.7. The monoisotopic (exact) mass is 808 g/mol. The lowest BCUT2D eigenvalue weighted by molar-refractivity contribution is 0.0954. The fraction of sp³-hybridized carbons (Fsp3) is 0.360. The summed E-state index contributed by atoms with van der Waals surface area (Å²) in [4.78, 5) is 31.4. The number of aromatic nitrogens is 2. The molecule has 0 aliphatic carbocycles. The zero-order chi connectivity index (χ0) is 41.8. The highest BCUT2D eigenvalue weighted by molar-refractivity contribution is 6.79. The topological polar surface area (TPSA) is 62.5 Å². The Morgan fingerprint density at radius 3 is 0.845 bits per heavy atom. The number of carbonyl (C=O) groups excluding carboxylic acids is 2. The molecule has 6 nitrogen and oxygen atoms in total. The zero-order valence-electron chi connectivity index (χ0n) is 36.4. The molecule has 0 atom stereocenters. The Hall–Kier alpha value is -4.93. The molecule has 0 aliphatic rings. The lowest BCUT2D eigenvalue weighted by Gasteiger charge is -2.44. The van der Waals surface area contributed by atoms with E-state index in [0.29, 0.717) is 22.6 Å². The van der Waals surface area contributed by atoms with Crippen LogP contribution in [0.5, 0.6) is 11.5 Å². The molecule has 0 saturated heterocycles. The highest BCUT2D eigenvalue weighted by Gasteiger charge is 2.50. The summed E-state index contributed by atoms with van der Waals surface area (Å²) >= 11 is 0. The molecule has 0 amide bonds. The molecule has 0 radical (unpaired) electrons. The van der Waals surface area contributed by atoms with Gasteiger partial charge in [0.2, 0.25) is 0 Å². The summed E-state index contributed by atoms with van der Waals surface area (Å²) in [7, 11) is -5.36. The van der Waals surface area contributed by atoms with Crippen LogP contribution in [0.25, 0.3) is 43.6 Å². The van der Waals surface area contributed by atoms with Gasteiger partial charge in [0.15, 0.2) is 0 Å². The average Bonchev–Trinajstić information content (AvgIpc) is 3.71. The van der Waals surface area contributed by atoms with Crippen molar-refractivity contribution in [1.29, 1.82) is 0 Å². The van der Waals surface area contributed by atoms with E-state index in [0.717, 1.165) is 43.6 Å². The van der Waals surface area contributed by atoms with Crippen molar-refractivity contribution >= 4 is 72.1 Å². The largest absolute Gasteiger partial charge is 0.542 e. The van der Waals surface area contributed by atoms with E-state index in [1.54, 1.807) is 0 Å². The van der Waals surface area contributed by atoms with Gasteiger partial charge in [-0.3, -0.25) is 18.7 Å². The summed E-state index contributed by atoms with van der Waals surface area (Å²) < 4.78 is 18.8. The summed E-state index contributed by atoms with van der Waals surface area (Å²) in [6.07, 6.45) is 0. The summed E-state index contributed by atoms with van der Waals surface area (Å²) in [6, 6.07) is 36.0. The molecular formula is C50H60N2O4Si2. The van der Waals surface area contributed by atoms with Crippen LogP contribution in [0.3, 0.4) is 0 Å². The minimum absolute atomic E-state index is 0.210. The predicted molar refractivity (Wildman–Crippen MR) is 248 cm³/mol. The molecule has 302 valence electrons. The zero-order valence-corrected chi connectivity index (χ0v) is 38.4. The second kappa shape index (κ2) is 15.7. The van der Waals surface area contributed by atoms with Crippen molar-refractivity contribution in [2.45, 2.75) is 116 Å². The van der Waals surface area contributed by atoms with Crippen LogP contribution < -0.4 is 8.85 Å². The van der Waals surface area contributed by atoms with Crippen LogP contribution in [-0.2, 0) is 0 Å². The van der Waals surface area contributed by atoms with E-state index in [1.165, 1.54) is 0 Å². The quantitative estimate of drug-likeness (QED) is 0.115. The maximum atomic E-state index is 15.7. The number of nitrogens with zero attached hydrogens (tertiary/aromatic N) is 2. The molecule has 0 aliphatic heterocycles. The Balaban J connectivity index is 1.60. The molecule has 0 bridgehead atoms. The van der Waals surface area contributed by atoms with Crippen molar-refractivity contribution in [3.05, 3.63) is 120 Å². The molecule has 0 saturated carbocycles. The summed E-state index contributed by atoms with van der Waals surface area (Å²) in [5.41, 5.74) is 5.42. The maximum Gasteiger partial charge on any atom is 0.266 e. The summed E-state index contributed by atoms with van der Waals surface area (Å²) in [5, 5.41) is 4.02. The highest BCUT2D eigenvalue weighted by atomic mass is 28.4. The Morgan fingerprint density at radius 1 is 0.397 bits per heavy atom. The molecular weight excluding hydrogens is 749 g/mol. The lowest BCUT2D eigenvalue weighted by Crippen LogP contribution is -2.51. The van der Waals surface area contributed by atoms with Gasteiger partial charge in [-0.1, -0.05) is 156 Å². The van der Waals surface area contributed by atoms with Gasteiger partial charge >= 0.3 is 0 Å². The second-order valence-electron chi connectivity index (χ2n) is 18.0. The van der Waals surface area contributed by atoms with Gasteiger partial charge in [0.05, 0.1) is 33.2 Å². The first-order valence-electron chi connectivity index (χ1n) is 21.2. The average molecular weight is 809 g/mol. The number of fused-ring (bicyclic) bond motifs is 6. The van der Waals surface area contributed by atoms with E-state index < -0.39 is 16.6 Å². The van der Waals surface area contributed by atoms with Gasteiger partial charge in [0.25, 0.3) is 28.4 Å². The molecule has 0 N–H and O–H groups in total. The first-order chi connectivity index (χ1) is 27.6. The first kappa shape index (κ1) is 41.2. The normalized spacial score (nSPS) is 12.9.